The summed E-state index contributed by atoms with van der Waals surface area (Å²) in [7, 11) is 0. The minimum atomic E-state index is 0.677. The van der Waals surface area contributed by atoms with Crippen molar-refractivity contribution < 1.29 is 4.74 Å². The maximum atomic E-state index is 5.93. The van der Waals surface area contributed by atoms with Gasteiger partial charge in [-0.15, -0.1) is 11.3 Å². The molecule has 0 amide bonds. The first-order valence-electron chi connectivity index (χ1n) is 5.83. The van der Waals surface area contributed by atoms with Gasteiger partial charge in [0.2, 0.25) is 0 Å². The molecule has 0 fully saturated rings. The number of benzene rings is 1. The quantitative estimate of drug-likeness (QED) is 0.821. The molecule has 2 rings (SSSR count). The number of rotatable bonds is 5. The van der Waals surface area contributed by atoms with Crippen molar-refractivity contribution in [1.82, 2.24) is 0 Å². The lowest BCUT2D eigenvalue weighted by Gasteiger charge is -2.09. The summed E-state index contributed by atoms with van der Waals surface area (Å²) < 4.78 is 5.69. The Hall–Kier alpha value is -1.48. The van der Waals surface area contributed by atoms with Crippen LogP contribution in [-0.2, 0) is 12.8 Å². The molecular formula is C14H17NOS. The monoisotopic (exact) mass is 247 g/mol. The van der Waals surface area contributed by atoms with Crippen LogP contribution in [0.15, 0.2) is 35.7 Å². The first-order valence-corrected chi connectivity index (χ1v) is 6.71. The number of hydrogen-bond acceptors (Lipinski definition) is 3. The lowest BCUT2D eigenvalue weighted by molar-refractivity contribution is 0.324. The van der Waals surface area contributed by atoms with Gasteiger partial charge in [-0.05, 0) is 35.6 Å². The fourth-order valence-electron chi connectivity index (χ4n) is 1.67. The average molecular weight is 247 g/mol. The Balaban J connectivity index is 1.90. The van der Waals surface area contributed by atoms with Crippen LogP contribution in [0.5, 0.6) is 5.75 Å². The third kappa shape index (κ3) is 3.24. The molecule has 0 spiro atoms. The summed E-state index contributed by atoms with van der Waals surface area (Å²) in [6, 6.07) is 10.2. The Morgan fingerprint density at radius 1 is 1.29 bits per heavy atom. The summed E-state index contributed by atoms with van der Waals surface area (Å²) >= 11 is 1.76. The number of nitrogen functional groups attached to an aromatic ring is 1. The van der Waals surface area contributed by atoms with Crippen LogP contribution in [0, 0.1) is 0 Å². The molecule has 2 N–H and O–H groups in total. The van der Waals surface area contributed by atoms with E-state index in [4.69, 9.17) is 10.5 Å². The number of aryl methyl sites for hydroxylation is 1. The van der Waals surface area contributed by atoms with Crippen molar-refractivity contribution in [2.75, 3.05) is 12.3 Å². The fourth-order valence-corrected chi connectivity index (χ4v) is 2.36. The number of nitrogens with two attached hydrogens (primary N) is 1. The summed E-state index contributed by atoms with van der Waals surface area (Å²) in [4.78, 5) is 1.34. The van der Waals surface area contributed by atoms with E-state index in [0.29, 0.717) is 6.61 Å². The molecule has 17 heavy (non-hydrogen) atoms. The highest BCUT2D eigenvalue weighted by Gasteiger charge is 2.01. The van der Waals surface area contributed by atoms with Crippen molar-refractivity contribution in [3.8, 4) is 5.75 Å². The van der Waals surface area contributed by atoms with E-state index in [0.717, 1.165) is 24.3 Å². The Morgan fingerprint density at radius 3 is 2.82 bits per heavy atom. The van der Waals surface area contributed by atoms with E-state index < -0.39 is 0 Å². The molecule has 2 nitrogen and oxygen atoms in total. The molecule has 0 saturated heterocycles. The van der Waals surface area contributed by atoms with Crippen molar-refractivity contribution in [1.29, 1.82) is 0 Å². The van der Waals surface area contributed by atoms with Gasteiger partial charge < -0.3 is 10.5 Å². The maximum Gasteiger partial charge on any atom is 0.142 e. The molecule has 0 aliphatic carbocycles. The van der Waals surface area contributed by atoms with Crippen LogP contribution in [0.1, 0.15) is 17.4 Å². The third-order valence-electron chi connectivity index (χ3n) is 2.67. The van der Waals surface area contributed by atoms with Gasteiger partial charge in [-0.25, -0.2) is 0 Å². The fraction of sp³-hybridized carbons (Fsp3) is 0.286. The normalized spacial score (nSPS) is 10.4. The Bertz CT molecular complexity index is 465. The van der Waals surface area contributed by atoms with Gasteiger partial charge in [0.1, 0.15) is 5.75 Å². The van der Waals surface area contributed by atoms with E-state index in [-0.39, 0.29) is 0 Å². The molecule has 0 unspecified atom stereocenters. The van der Waals surface area contributed by atoms with Gasteiger partial charge in [-0.1, -0.05) is 19.1 Å². The molecule has 0 aliphatic rings. The zero-order chi connectivity index (χ0) is 12.1. The second-order valence-corrected chi connectivity index (χ2v) is 4.94. The van der Waals surface area contributed by atoms with Crippen LogP contribution >= 0.6 is 11.3 Å². The molecular weight excluding hydrogens is 230 g/mol. The van der Waals surface area contributed by atoms with Crippen molar-refractivity contribution in [2.24, 2.45) is 0 Å². The molecule has 0 bridgehead atoms. The topological polar surface area (TPSA) is 35.2 Å². The SMILES string of the molecule is CCc1ccc(OCCc2cccs2)c(N)c1. The largest absolute Gasteiger partial charge is 0.491 e. The average Bonchev–Trinajstić information content (AvgIpc) is 2.84. The van der Waals surface area contributed by atoms with Crippen molar-refractivity contribution in [3.63, 3.8) is 0 Å². The predicted octanol–water partition coefficient (Wildman–Crippen LogP) is 3.51. The highest BCUT2D eigenvalue weighted by molar-refractivity contribution is 7.09. The number of hydrogen-bond donors (Lipinski definition) is 1. The third-order valence-corrected chi connectivity index (χ3v) is 3.60. The van der Waals surface area contributed by atoms with E-state index in [9.17, 15) is 0 Å². The maximum absolute atomic E-state index is 5.93. The molecule has 3 heteroatoms. The first kappa shape index (κ1) is 12.0. The van der Waals surface area contributed by atoms with Gasteiger partial charge in [-0.2, -0.15) is 0 Å². The minimum absolute atomic E-state index is 0.677. The van der Waals surface area contributed by atoms with Crippen LogP contribution < -0.4 is 10.5 Å². The highest BCUT2D eigenvalue weighted by atomic mass is 32.1. The molecule has 0 radical (unpaired) electrons. The van der Waals surface area contributed by atoms with Crippen LogP contribution in [0.25, 0.3) is 0 Å². The number of ether oxygens (including phenoxy) is 1. The molecule has 90 valence electrons. The smallest absolute Gasteiger partial charge is 0.142 e. The predicted molar refractivity (Wildman–Crippen MR) is 73.8 cm³/mol. The van der Waals surface area contributed by atoms with E-state index in [1.165, 1.54) is 10.4 Å². The van der Waals surface area contributed by atoms with Crippen molar-refractivity contribution in [3.05, 3.63) is 46.2 Å². The second kappa shape index (κ2) is 5.73. The Kier molecular flexibility index (Phi) is 4.04. The molecule has 1 aromatic heterocycles. The van der Waals surface area contributed by atoms with E-state index >= 15 is 0 Å². The van der Waals surface area contributed by atoms with Gasteiger partial charge in [-0.3, -0.25) is 0 Å². The van der Waals surface area contributed by atoms with Crippen LogP contribution in [0.4, 0.5) is 5.69 Å². The molecule has 0 saturated carbocycles. The van der Waals surface area contributed by atoms with Gasteiger partial charge >= 0.3 is 0 Å². The summed E-state index contributed by atoms with van der Waals surface area (Å²) in [6.45, 7) is 2.79. The molecule has 0 atom stereocenters. The van der Waals surface area contributed by atoms with Gasteiger partial charge in [0.15, 0.2) is 0 Å². The zero-order valence-electron chi connectivity index (χ0n) is 9.98. The summed E-state index contributed by atoms with van der Waals surface area (Å²) in [6.07, 6.45) is 1.94. The van der Waals surface area contributed by atoms with Gasteiger partial charge in [0.25, 0.3) is 0 Å². The molecule has 0 aliphatic heterocycles. The standard InChI is InChI=1S/C14H17NOS/c1-2-11-5-6-14(13(15)10-11)16-8-7-12-4-3-9-17-12/h3-6,9-10H,2,7-8,15H2,1H3. The van der Waals surface area contributed by atoms with E-state index in [1.807, 2.05) is 12.1 Å². The molecule has 1 heterocycles. The minimum Gasteiger partial charge on any atom is -0.491 e. The number of anilines is 1. The van der Waals surface area contributed by atoms with Crippen LogP contribution in [0.3, 0.4) is 0 Å². The number of thiophene rings is 1. The van der Waals surface area contributed by atoms with Gasteiger partial charge in [0, 0.05) is 11.3 Å². The summed E-state index contributed by atoms with van der Waals surface area (Å²) in [5.41, 5.74) is 7.91. The lowest BCUT2D eigenvalue weighted by Crippen LogP contribution is -2.02. The van der Waals surface area contributed by atoms with E-state index in [2.05, 4.69) is 30.5 Å². The van der Waals surface area contributed by atoms with Crippen LogP contribution in [0.2, 0.25) is 0 Å². The Labute approximate surface area is 106 Å². The Morgan fingerprint density at radius 2 is 2.18 bits per heavy atom. The zero-order valence-corrected chi connectivity index (χ0v) is 10.8. The van der Waals surface area contributed by atoms with Crippen molar-refractivity contribution >= 4 is 17.0 Å². The summed E-state index contributed by atoms with van der Waals surface area (Å²) in [5.74, 6) is 0.791. The highest BCUT2D eigenvalue weighted by Crippen LogP contribution is 2.23. The lowest BCUT2D eigenvalue weighted by atomic mass is 10.1. The second-order valence-electron chi connectivity index (χ2n) is 3.90. The van der Waals surface area contributed by atoms with Crippen molar-refractivity contribution in [2.45, 2.75) is 19.8 Å². The first-order chi connectivity index (χ1) is 8.29. The summed E-state index contributed by atoms with van der Waals surface area (Å²) in [5, 5.41) is 2.08. The van der Waals surface area contributed by atoms with Crippen LogP contribution in [-0.4, -0.2) is 6.61 Å². The van der Waals surface area contributed by atoms with Gasteiger partial charge in [0.05, 0.1) is 12.3 Å². The van der Waals surface area contributed by atoms with E-state index in [1.54, 1.807) is 11.3 Å². The molecule has 2 aromatic rings. The molecule has 1 aromatic carbocycles.